The Morgan fingerprint density at radius 2 is 0.522 bits per heavy atom. The monoisotopic (exact) mass is 949 g/mol. The van der Waals surface area contributed by atoms with Gasteiger partial charge in [-0.05, 0) is 141 Å². The number of carbonyl (C=O) groups excluding carboxylic acids is 3. The fourth-order valence-electron chi connectivity index (χ4n) is 6.57. The summed E-state index contributed by atoms with van der Waals surface area (Å²) in [6.07, 6.45) is 80.9. The van der Waals surface area contributed by atoms with Gasteiger partial charge in [-0.1, -0.05) is 198 Å². The highest BCUT2D eigenvalue weighted by Crippen LogP contribution is 2.11. The highest BCUT2D eigenvalue weighted by atomic mass is 16.6. The number of ether oxygens (including phenoxy) is 3. The summed E-state index contributed by atoms with van der Waals surface area (Å²) in [6.45, 7) is 6.18. The van der Waals surface area contributed by atoms with Gasteiger partial charge in [-0.25, -0.2) is 0 Å². The largest absolute Gasteiger partial charge is 0.462 e. The van der Waals surface area contributed by atoms with Crippen molar-refractivity contribution in [3.63, 3.8) is 0 Å². The first-order valence-corrected chi connectivity index (χ1v) is 27.0. The summed E-state index contributed by atoms with van der Waals surface area (Å²) in [5, 5.41) is 0. The van der Waals surface area contributed by atoms with Crippen LogP contribution in [0, 0.1) is 0 Å². The molecule has 0 saturated carbocycles. The molecule has 0 aromatic heterocycles. The van der Waals surface area contributed by atoms with E-state index in [9.17, 15) is 14.4 Å². The molecule has 6 nitrogen and oxygen atoms in total. The molecule has 0 radical (unpaired) electrons. The van der Waals surface area contributed by atoms with Gasteiger partial charge in [0, 0.05) is 19.3 Å². The third-order valence-corrected chi connectivity index (χ3v) is 10.5. The van der Waals surface area contributed by atoms with Crippen molar-refractivity contribution in [1.29, 1.82) is 0 Å². The van der Waals surface area contributed by atoms with Gasteiger partial charge in [0.1, 0.15) is 13.2 Å². The molecule has 0 aliphatic heterocycles. The van der Waals surface area contributed by atoms with Crippen LogP contribution in [0.15, 0.2) is 158 Å². The molecule has 0 spiro atoms. The van der Waals surface area contributed by atoms with E-state index in [0.717, 1.165) is 154 Å². The number of carbonyl (C=O) groups is 3. The maximum atomic E-state index is 12.8. The van der Waals surface area contributed by atoms with Crippen LogP contribution in [-0.2, 0) is 28.6 Å². The summed E-state index contributed by atoms with van der Waals surface area (Å²) in [5.74, 6) is -1.03. The predicted octanol–water partition coefficient (Wildman–Crippen LogP) is 18.2. The van der Waals surface area contributed by atoms with Crippen LogP contribution in [0.2, 0.25) is 0 Å². The summed E-state index contributed by atoms with van der Waals surface area (Å²) in [7, 11) is 0. The summed E-state index contributed by atoms with van der Waals surface area (Å²) in [6, 6.07) is 0. The maximum absolute atomic E-state index is 12.8. The Hall–Kier alpha value is -4.97. The zero-order valence-corrected chi connectivity index (χ0v) is 43.8. The molecule has 0 N–H and O–H groups in total. The topological polar surface area (TPSA) is 78.9 Å². The first kappa shape index (κ1) is 64.0. The lowest BCUT2D eigenvalue weighted by molar-refractivity contribution is -0.167. The first-order chi connectivity index (χ1) is 34.0. The number of hydrogen-bond acceptors (Lipinski definition) is 6. The molecule has 1 unspecified atom stereocenters. The van der Waals surface area contributed by atoms with Crippen molar-refractivity contribution in [2.75, 3.05) is 13.2 Å². The Kier molecular flexibility index (Phi) is 51.6. The van der Waals surface area contributed by atoms with Crippen LogP contribution in [0.5, 0.6) is 0 Å². The molecular formula is C63H96O6. The molecule has 0 bridgehead atoms. The molecule has 0 heterocycles. The summed E-state index contributed by atoms with van der Waals surface area (Å²) in [5.41, 5.74) is 0. The number of allylic oxidation sites excluding steroid dienone is 26. The Bertz CT molecular complexity index is 1610. The molecule has 0 fully saturated rings. The van der Waals surface area contributed by atoms with E-state index in [1.165, 1.54) is 0 Å². The highest BCUT2D eigenvalue weighted by Gasteiger charge is 2.19. The molecule has 69 heavy (non-hydrogen) atoms. The van der Waals surface area contributed by atoms with Crippen LogP contribution >= 0.6 is 0 Å². The van der Waals surface area contributed by atoms with Crippen molar-refractivity contribution in [3.05, 3.63) is 158 Å². The molecule has 0 aliphatic carbocycles. The van der Waals surface area contributed by atoms with Crippen LogP contribution < -0.4 is 0 Å². The molecule has 0 aromatic rings. The molecular weight excluding hydrogens is 853 g/mol. The van der Waals surface area contributed by atoms with E-state index >= 15 is 0 Å². The minimum Gasteiger partial charge on any atom is -0.462 e. The minimum atomic E-state index is -0.829. The first-order valence-electron chi connectivity index (χ1n) is 27.0. The molecule has 0 aliphatic rings. The Balaban J connectivity index is 4.57. The van der Waals surface area contributed by atoms with E-state index in [2.05, 4.69) is 179 Å². The third-order valence-electron chi connectivity index (χ3n) is 10.5. The quantitative estimate of drug-likeness (QED) is 0.0262. The van der Waals surface area contributed by atoms with Crippen LogP contribution in [-0.4, -0.2) is 37.2 Å². The summed E-state index contributed by atoms with van der Waals surface area (Å²) in [4.78, 5) is 38.1. The average molecular weight is 949 g/mol. The van der Waals surface area contributed by atoms with E-state index in [0.29, 0.717) is 12.8 Å². The van der Waals surface area contributed by atoms with E-state index in [1.54, 1.807) is 0 Å². The molecule has 0 rings (SSSR count). The third kappa shape index (κ3) is 53.8. The zero-order valence-electron chi connectivity index (χ0n) is 43.8. The average Bonchev–Trinajstić information content (AvgIpc) is 3.35. The van der Waals surface area contributed by atoms with E-state index in [-0.39, 0.29) is 44.0 Å². The molecule has 0 aromatic carbocycles. The Labute approximate surface area is 422 Å². The van der Waals surface area contributed by atoms with Crippen LogP contribution in [0.3, 0.4) is 0 Å². The van der Waals surface area contributed by atoms with E-state index < -0.39 is 6.10 Å². The van der Waals surface area contributed by atoms with Gasteiger partial charge < -0.3 is 14.2 Å². The maximum Gasteiger partial charge on any atom is 0.306 e. The number of hydrogen-bond donors (Lipinski definition) is 0. The summed E-state index contributed by atoms with van der Waals surface area (Å²) >= 11 is 0. The van der Waals surface area contributed by atoms with Gasteiger partial charge >= 0.3 is 17.9 Å². The smallest absolute Gasteiger partial charge is 0.306 e. The number of unbranched alkanes of at least 4 members (excludes halogenated alkanes) is 9. The van der Waals surface area contributed by atoms with Crippen molar-refractivity contribution in [1.82, 2.24) is 0 Å². The SMILES string of the molecule is CC/C=C\C/C=C\C/C=C\C/C=C\C/C=C\C/C=C\CCCCC(=O)OCC(COC(=O)CCCCC/C=C\C/C=C\C/C=C\CC)OC(=O)CCCCCC/C=C\C/C=C\C/C=C\C/C=C\CC. The number of rotatable bonds is 46. The van der Waals surface area contributed by atoms with Crippen molar-refractivity contribution in [3.8, 4) is 0 Å². The normalized spacial score (nSPS) is 13.4. The van der Waals surface area contributed by atoms with E-state index in [1.807, 2.05) is 0 Å². The Morgan fingerprint density at radius 3 is 0.841 bits per heavy atom. The van der Waals surface area contributed by atoms with Gasteiger partial charge in [-0.15, -0.1) is 0 Å². The lowest BCUT2D eigenvalue weighted by atomic mass is 10.1. The highest BCUT2D eigenvalue weighted by molar-refractivity contribution is 5.71. The van der Waals surface area contributed by atoms with Crippen molar-refractivity contribution < 1.29 is 28.6 Å². The lowest BCUT2D eigenvalue weighted by Crippen LogP contribution is -2.30. The second-order valence-electron chi connectivity index (χ2n) is 17.0. The molecule has 384 valence electrons. The van der Waals surface area contributed by atoms with Crippen LogP contribution in [0.4, 0.5) is 0 Å². The van der Waals surface area contributed by atoms with Gasteiger partial charge in [0.05, 0.1) is 0 Å². The fraction of sp³-hybridized carbons (Fsp3) is 0.540. The van der Waals surface area contributed by atoms with Gasteiger partial charge in [0.25, 0.3) is 0 Å². The zero-order chi connectivity index (χ0) is 50.0. The van der Waals surface area contributed by atoms with Gasteiger partial charge in [0.15, 0.2) is 6.10 Å². The summed E-state index contributed by atoms with van der Waals surface area (Å²) < 4.78 is 16.7. The van der Waals surface area contributed by atoms with Crippen molar-refractivity contribution >= 4 is 17.9 Å². The lowest BCUT2D eigenvalue weighted by Gasteiger charge is -2.18. The Morgan fingerprint density at radius 1 is 0.290 bits per heavy atom. The second-order valence-corrected chi connectivity index (χ2v) is 17.0. The van der Waals surface area contributed by atoms with Crippen molar-refractivity contribution in [2.45, 2.75) is 207 Å². The van der Waals surface area contributed by atoms with Gasteiger partial charge in [-0.2, -0.15) is 0 Å². The van der Waals surface area contributed by atoms with Crippen LogP contribution in [0.25, 0.3) is 0 Å². The fourth-order valence-corrected chi connectivity index (χ4v) is 6.57. The van der Waals surface area contributed by atoms with E-state index in [4.69, 9.17) is 14.2 Å². The predicted molar refractivity (Wildman–Crippen MR) is 297 cm³/mol. The second kappa shape index (κ2) is 55.6. The molecule has 0 saturated heterocycles. The number of esters is 3. The molecule has 6 heteroatoms. The van der Waals surface area contributed by atoms with Gasteiger partial charge in [-0.3, -0.25) is 14.4 Å². The standard InChI is InChI=1S/C63H96O6/c1-4-7-10-13-16-19-22-25-27-29-30-31-32-34-35-38-41-44-47-50-53-56-62(65)68-59-60(58-67-61(64)55-52-49-46-43-40-37-24-21-18-15-12-9-6-3)69-63(66)57-54-51-48-45-42-39-36-33-28-26-23-20-17-14-11-8-5-2/h7-12,16-21,25-28,30-31,34-37,39-41,44,60H,4-6,13-15,22-24,29,32-33,38,42-43,45-59H2,1-3H3/b10-7-,11-8-,12-9-,19-16-,20-17-,21-18-,27-25-,28-26-,31-30-,35-34-,39-36-,40-37-,44-41-. The van der Waals surface area contributed by atoms with Crippen molar-refractivity contribution in [2.24, 2.45) is 0 Å². The minimum absolute atomic E-state index is 0.125. The molecule has 1 atom stereocenters. The van der Waals surface area contributed by atoms with Crippen LogP contribution in [0.1, 0.15) is 201 Å². The van der Waals surface area contributed by atoms with Gasteiger partial charge in [0.2, 0.25) is 0 Å². The molecule has 0 amide bonds.